The summed E-state index contributed by atoms with van der Waals surface area (Å²) < 4.78 is 4.91. The van der Waals surface area contributed by atoms with Gasteiger partial charge in [-0.05, 0) is 0 Å². The normalized spacial score (nSPS) is 28.3. The van der Waals surface area contributed by atoms with E-state index in [0.717, 1.165) is 0 Å². The Balaban J connectivity index is 2.47. The van der Waals surface area contributed by atoms with Crippen LogP contribution in [0.25, 0.3) is 0 Å². The molecule has 1 heterocycles. The fraction of sp³-hybridized carbons (Fsp3) is 0.800. The number of rotatable bonds is 1. The van der Waals surface area contributed by atoms with Crippen LogP contribution in [0.2, 0.25) is 0 Å². The Morgan fingerprint density at radius 3 is 2.90 bits per heavy atom. The topological polar surface area (TPSA) is 75.8 Å². The van der Waals surface area contributed by atoms with Gasteiger partial charge >= 0.3 is 5.97 Å². The van der Waals surface area contributed by atoms with Crippen LogP contribution in [0.3, 0.4) is 0 Å². The monoisotopic (exact) mass is 146 g/mol. The quantitative estimate of drug-likeness (QED) is 0.447. The van der Waals surface area contributed by atoms with Crippen molar-refractivity contribution in [3.05, 3.63) is 0 Å². The average Bonchev–Trinajstić information content (AvgIpc) is 1.88. The molecule has 5 nitrogen and oxygen atoms in total. The van der Waals surface area contributed by atoms with Gasteiger partial charge in [0, 0.05) is 6.54 Å². The van der Waals surface area contributed by atoms with Crippen LogP contribution in [0.15, 0.2) is 0 Å². The molecule has 0 saturated carbocycles. The predicted molar refractivity (Wildman–Crippen MR) is 33.1 cm³/mol. The minimum Gasteiger partial charge on any atom is -0.480 e. The Morgan fingerprint density at radius 2 is 2.50 bits per heavy atom. The molecule has 1 unspecified atom stereocenters. The van der Waals surface area contributed by atoms with Gasteiger partial charge in [0.1, 0.15) is 6.04 Å². The SMILES string of the molecule is NN1CCOCC1C(=O)O. The van der Waals surface area contributed by atoms with Gasteiger partial charge in [0.15, 0.2) is 0 Å². The largest absolute Gasteiger partial charge is 0.480 e. The fourth-order valence-electron chi connectivity index (χ4n) is 0.830. The molecule has 0 bridgehead atoms. The maximum absolute atomic E-state index is 10.4. The van der Waals surface area contributed by atoms with Crippen molar-refractivity contribution >= 4 is 5.97 Å². The molecule has 0 aromatic carbocycles. The Kier molecular flexibility index (Phi) is 2.21. The Morgan fingerprint density at radius 1 is 1.80 bits per heavy atom. The highest BCUT2D eigenvalue weighted by Gasteiger charge is 2.26. The molecular weight excluding hydrogens is 136 g/mol. The van der Waals surface area contributed by atoms with Gasteiger partial charge in [-0.25, -0.2) is 5.01 Å². The summed E-state index contributed by atoms with van der Waals surface area (Å²) in [5.41, 5.74) is 0. The first-order valence-corrected chi connectivity index (χ1v) is 3.03. The fourth-order valence-corrected chi connectivity index (χ4v) is 0.830. The Hall–Kier alpha value is -0.650. The van der Waals surface area contributed by atoms with E-state index in [4.69, 9.17) is 15.7 Å². The van der Waals surface area contributed by atoms with Gasteiger partial charge in [0.05, 0.1) is 13.2 Å². The molecule has 0 radical (unpaired) electrons. The first-order valence-electron chi connectivity index (χ1n) is 3.03. The third-order valence-corrected chi connectivity index (χ3v) is 1.45. The van der Waals surface area contributed by atoms with E-state index in [2.05, 4.69) is 0 Å². The zero-order chi connectivity index (χ0) is 7.56. The second-order valence-corrected chi connectivity index (χ2v) is 2.17. The second kappa shape index (κ2) is 2.96. The van der Waals surface area contributed by atoms with E-state index in [1.165, 1.54) is 5.01 Å². The van der Waals surface area contributed by atoms with Crippen LogP contribution in [0.5, 0.6) is 0 Å². The number of hydrogen-bond acceptors (Lipinski definition) is 4. The summed E-state index contributed by atoms with van der Waals surface area (Å²) in [6.45, 7) is 1.18. The van der Waals surface area contributed by atoms with Crippen molar-refractivity contribution in [2.45, 2.75) is 6.04 Å². The zero-order valence-electron chi connectivity index (χ0n) is 5.49. The van der Waals surface area contributed by atoms with Crippen LogP contribution in [-0.4, -0.2) is 41.9 Å². The number of carboxylic acids is 1. The molecule has 0 aromatic heterocycles. The van der Waals surface area contributed by atoms with Crippen LogP contribution in [0, 0.1) is 0 Å². The van der Waals surface area contributed by atoms with E-state index in [1.54, 1.807) is 0 Å². The maximum Gasteiger partial charge on any atom is 0.324 e. The number of carboxylic acid groups (broad SMARTS) is 1. The zero-order valence-corrected chi connectivity index (χ0v) is 5.49. The number of ether oxygens (including phenoxy) is 1. The highest BCUT2D eigenvalue weighted by Crippen LogP contribution is 2.00. The highest BCUT2D eigenvalue weighted by atomic mass is 16.5. The summed E-state index contributed by atoms with van der Waals surface area (Å²) in [5.74, 6) is 4.42. The predicted octanol–water partition coefficient (Wildman–Crippen LogP) is -1.35. The maximum atomic E-state index is 10.4. The first kappa shape index (κ1) is 7.46. The average molecular weight is 146 g/mol. The number of hydrogen-bond donors (Lipinski definition) is 2. The standard InChI is InChI=1S/C5H10N2O3/c6-7-1-2-10-3-4(7)5(8)9/h4H,1-3,6H2,(H,8,9). The molecule has 58 valence electrons. The lowest BCUT2D eigenvalue weighted by Gasteiger charge is -2.28. The van der Waals surface area contributed by atoms with Crippen molar-refractivity contribution in [3.8, 4) is 0 Å². The molecule has 1 fully saturated rings. The number of nitrogens with two attached hydrogens (primary N) is 1. The molecule has 0 aromatic rings. The number of aliphatic carboxylic acids is 1. The van der Waals surface area contributed by atoms with E-state index in [0.29, 0.717) is 13.2 Å². The smallest absolute Gasteiger partial charge is 0.324 e. The van der Waals surface area contributed by atoms with Crippen LogP contribution in [0.4, 0.5) is 0 Å². The van der Waals surface area contributed by atoms with Crippen molar-refractivity contribution < 1.29 is 14.6 Å². The lowest BCUT2D eigenvalue weighted by atomic mass is 10.3. The van der Waals surface area contributed by atoms with Crippen molar-refractivity contribution in [1.82, 2.24) is 5.01 Å². The van der Waals surface area contributed by atoms with Crippen molar-refractivity contribution in [2.24, 2.45) is 5.84 Å². The third kappa shape index (κ3) is 1.44. The molecule has 1 saturated heterocycles. The number of morpholine rings is 1. The van der Waals surface area contributed by atoms with Gasteiger partial charge in [-0.2, -0.15) is 0 Å². The molecule has 1 rings (SSSR count). The van der Waals surface area contributed by atoms with Gasteiger partial charge in [-0.15, -0.1) is 0 Å². The molecule has 1 atom stereocenters. The third-order valence-electron chi connectivity index (χ3n) is 1.45. The Labute approximate surface area is 58.3 Å². The summed E-state index contributed by atoms with van der Waals surface area (Å²) in [6, 6.07) is -0.672. The first-order chi connectivity index (χ1) is 4.72. The van der Waals surface area contributed by atoms with Crippen molar-refractivity contribution in [3.63, 3.8) is 0 Å². The van der Waals surface area contributed by atoms with Gasteiger partial charge in [-0.3, -0.25) is 10.6 Å². The molecule has 1 aliphatic heterocycles. The van der Waals surface area contributed by atoms with Gasteiger partial charge in [0.2, 0.25) is 0 Å². The summed E-state index contributed by atoms with van der Waals surface area (Å²) in [7, 11) is 0. The van der Waals surface area contributed by atoms with Gasteiger partial charge < -0.3 is 9.84 Å². The lowest BCUT2D eigenvalue weighted by molar-refractivity contribution is -0.149. The minimum atomic E-state index is -0.929. The van der Waals surface area contributed by atoms with Crippen molar-refractivity contribution in [2.75, 3.05) is 19.8 Å². The van der Waals surface area contributed by atoms with Crippen molar-refractivity contribution in [1.29, 1.82) is 0 Å². The highest BCUT2D eigenvalue weighted by molar-refractivity contribution is 5.73. The van der Waals surface area contributed by atoms with Crippen LogP contribution in [-0.2, 0) is 9.53 Å². The summed E-state index contributed by atoms with van der Waals surface area (Å²) in [6.07, 6.45) is 0. The van der Waals surface area contributed by atoms with Gasteiger partial charge in [0.25, 0.3) is 0 Å². The molecule has 5 heteroatoms. The van der Waals surface area contributed by atoms with E-state index in [9.17, 15) is 4.79 Å². The van der Waals surface area contributed by atoms with E-state index >= 15 is 0 Å². The summed E-state index contributed by atoms with van der Waals surface area (Å²) >= 11 is 0. The molecule has 3 N–H and O–H groups in total. The number of hydrazine groups is 1. The van der Waals surface area contributed by atoms with Crippen LogP contribution < -0.4 is 5.84 Å². The second-order valence-electron chi connectivity index (χ2n) is 2.17. The molecular formula is C5H10N2O3. The summed E-state index contributed by atoms with van der Waals surface area (Å²) in [5, 5.41) is 9.79. The number of carbonyl (C=O) groups is 1. The van der Waals surface area contributed by atoms with Crippen LogP contribution >= 0.6 is 0 Å². The Bertz CT molecular complexity index is 139. The number of nitrogens with zero attached hydrogens (tertiary/aromatic N) is 1. The van der Waals surface area contributed by atoms with E-state index in [1.807, 2.05) is 0 Å². The van der Waals surface area contributed by atoms with Gasteiger partial charge in [-0.1, -0.05) is 0 Å². The van der Waals surface area contributed by atoms with Crippen LogP contribution in [0.1, 0.15) is 0 Å². The summed E-state index contributed by atoms with van der Waals surface area (Å²) in [4.78, 5) is 10.4. The molecule has 10 heavy (non-hydrogen) atoms. The van der Waals surface area contributed by atoms with E-state index in [-0.39, 0.29) is 6.61 Å². The van der Waals surface area contributed by atoms with E-state index < -0.39 is 12.0 Å². The lowest BCUT2D eigenvalue weighted by Crippen LogP contribution is -2.53. The molecule has 0 spiro atoms. The molecule has 1 aliphatic rings. The molecule has 0 amide bonds. The minimum absolute atomic E-state index is 0.186. The molecule has 0 aliphatic carbocycles.